The van der Waals surface area contributed by atoms with Crippen molar-refractivity contribution in [1.82, 2.24) is 9.88 Å². The number of ether oxygens (including phenoxy) is 1. The largest absolute Gasteiger partial charge is 0.379 e. The van der Waals surface area contributed by atoms with Crippen LogP contribution in [0.2, 0.25) is 0 Å². The zero-order valence-corrected chi connectivity index (χ0v) is 17.6. The van der Waals surface area contributed by atoms with E-state index in [-0.39, 0.29) is 11.3 Å². The predicted octanol–water partition coefficient (Wildman–Crippen LogP) is 3.36. The van der Waals surface area contributed by atoms with Gasteiger partial charge in [-0.1, -0.05) is 19.1 Å². The molecule has 0 unspecified atom stereocenters. The molecule has 4 heterocycles. The van der Waals surface area contributed by atoms with Crippen LogP contribution in [0.1, 0.15) is 41.4 Å². The first kappa shape index (κ1) is 18.6. The Bertz CT molecular complexity index is 943. The third kappa shape index (κ3) is 3.31. The van der Waals surface area contributed by atoms with Crippen molar-refractivity contribution in [2.45, 2.75) is 45.7 Å². The summed E-state index contributed by atoms with van der Waals surface area (Å²) in [4.78, 5) is 21.8. The van der Waals surface area contributed by atoms with Crippen LogP contribution in [0.3, 0.4) is 0 Å². The molecule has 0 spiro atoms. The lowest BCUT2D eigenvalue weighted by Gasteiger charge is -2.42. The molecule has 0 atom stereocenters. The molecule has 29 heavy (non-hydrogen) atoms. The van der Waals surface area contributed by atoms with Gasteiger partial charge in [0.15, 0.2) is 0 Å². The monoisotopic (exact) mass is 391 g/mol. The number of aryl methyl sites for hydroxylation is 2. The van der Waals surface area contributed by atoms with Crippen molar-refractivity contribution in [2.75, 3.05) is 31.2 Å². The van der Waals surface area contributed by atoms with Gasteiger partial charge in [0.25, 0.3) is 0 Å². The van der Waals surface area contributed by atoms with Crippen molar-refractivity contribution in [2.24, 2.45) is 5.92 Å². The molecule has 1 aromatic heterocycles. The van der Waals surface area contributed by atoms with E-state index in [9.17, 15) is 4.79 Å². The van der Waals surface area contributed by atoms with E-state index in [0.29, 0.717) is 25.4 Å². The lowest BCUT2D eigenvalue weighted by Crippen LogP contribution is -2.48. The number of nitrogens with zero attached hydrogens (tertiary/aromatic N) is 3. The predicted molar refractivity (Wildman–Crippen MR) is 113 cm³/mol. The van der Waals surface area contributed by atoms with E-state index in [1.54, 1.807) is 0 Å². The van der Waals surface area contributed by atoms with Gasteiger partial charge in [0.1, 0.15) is 0 Å². The van der Waals surface area contributed by atoms with Crippen molar-refractivity contribution in [1.29, 1.82) is 0 Å². The molecule has 2 aromatic rings. The molecule has 1 amide bonds. The Morgan fingerprint density at radius 3 is 2.55 bits per heavy atom. The van der Waals surface area contributed by atoms with Gasteiger partial charge in [0.2, 0.25) is 5.91 Å². The molecule has 1 aromatic carbocycles. The second-order valence-electron chi connectivity index (χ2n) is 9.33. The van der Waals surface area contributed by atoms with E-state index >= 15 is 0 Å². The van der Waals surface area contributed by atoms with E-state index in [1.165, 1.54) is 22.4 Å². The smallest absolute Gasteiger partial charge is 0.223 e. The fourth-order valence-corrected chi connectivity index (χ4v) is 4.83. The molecule has 5 nitrogen and oxygen atoms in total. The summed E-state index contributed by atoms with van der Waals surface area (Å²) in [5.41, 5.74) is 7.40. The summed E-state index contributed by atoms with van der Waals surface area (Å²) in [6.07, 6.45) is 0.635. The number of hydrogen-bond donors (Lipinski definition) is 0. The van der Waals surface area contributed by atoms with E-state index in [2.05, 4.69) is 54.1 Å². The molecule has 5 heteroatoms. The van der Waals surface area contributed by atoms with Crippen molar-refractivity contribution in [3.8, 4) is 0 Å². The van der Waals surface area contributed by atoms with Crippen molar-refractivity contribution in [3.63, 3.8) is 0 Å². The highest BCUT2D eigenvalue weighted by Gasteiger charge is 2.36. The third-order valence-electron chi connectivity index (χ3n) is 6.79. The fourth-order valence-electron chi connectivity index (χ4n) is 4.83. The van der Waals surface area contributed by atoms with Crippen LogP contribution in [-0.4, -0.2) is 42.1 Å². The molecule has 3 aliphatic rings. The van der Waals surface area contributed by atoms with E-state index in [4.69, 9.17) is 4.74 Å². The molecule has 0 aliphatic carbocycles. The van der Waals surface area contributed by atoms with E-state index in [1.807, 2.05) is 11.8 Å². The van der Waals surface area contributed by atoms with Crippen molar-refractivity contribution >= 4 is 11.6 Å². The van der Waals surface area contributed by atoms with Crippen LogP contribution in [-0.2, 0) is 28.0 Å². The number of pyridine rings is 1. The van der Waals surface area contributed by atoms with Gasteiger partial charge >= 0.3 is 0 Å². The number of aromatic nitrogens is 1. The molecule has 3 aliphatic heterocycles. The number of rotatable bonds is 4. The van der Waals surface area contributed by atoms with Gasteiger partial charge in [0.05, 0.1) is 25.5 Å². The minimum absolute atomic E-state index is 0.182. The van der Waals surface area contributed by atoms with Gasteiger partial charge in [-0.05, 0) is 48.7 Å². The third-order valence-corrected chi connectivity index (χ3v) is 6.79. The fraction of sp³-hybridized carbons (Fsp3) is 0.500. The number of amides is 1. The van der Waals surface area contributed by atoms with E-state index < -0.39 is 0 Å². The van der Waals surface area contributed by atoms with Crippen LogP contribution in [0.4, 0.5) is 5.69 Å². The molecule has 152 valence electrons. The minimum atomic E-state index is 0.182. The first-order valence-electron chi connectivity index (χ1n) is 10.6. The number of hydrogen-bond acceptors (Lipinski definition) is 4. The maximum atomic E-state index is 12.8. The Kier molecular flexibility index (Phi) is 4.39. The van der Waals surface area contributed by atoms with Crippen molar-refractivity contribution in [3.05, 3.63) is 58.4 Å². The molecular weight excluding hydrogens is 362 g/mol. The average Bonchev–Trinajstić information content (AvgIpc) is 3.07. The summed E-state index contributed by atoms with van der Waals surface area (Å²) in [6.45, 7) is 11.3. The van der Waals surface area contributed by atoms with Crippen LogP contribution in [0, 0.1) is 19.8 Å². The molecule has 0 saturated carbocycles. The standard InChI is InChI=1S/C24H29N3O2/c1-16-8-17(2)25-22-13-27(12-21(16)22)23(28)9-18-10-26(11-18)20-6-4-19(5-7-20)24(3)14-29-15-24/h4-8,18H,9-15H2,1-3H3. The first-order chi connectivity index (χ1) is 13.9. The summed E-state index contributed by atoms with van der Waals surface area (Å²) in [7, 11) is 0. The number of benzene rings is 1. The van der Waals surface area contributed by atoms with Gasteiger partial charge in [0, 0.05) is 48.8 Å². The van der Waals surface area contributed by atoms with Crippen LogP contribution in [0.15, 0.2) is 30.3 Å². The number of carbonyl (C=O) groups excluding carboxylic acids is 1. The lowest BCUT2D eigenvalue weighted by atomic mass is 9.81. The van der Waals surface area contributed by atoms with Gasteiger partial charge in [-0.15, -0.1) is 0 Å². The van der Waals surface area contributed by atoms with Gasteiger partial charge in [-0.2, -0.15) is 0 Å². The van der Waals surface area contributed by atoms with E-state index in [0.717, 1.165) is 37.7 Å². The molecular formula is C24H29N3O2. The number of anilines is 1. The Morgan fingerprint density at radius 2 is 1.90 bits per heavy atom. The Balaban J connectivity index is 1.14. The highest BCUT2D eigenvalue weighted by atomic mass is 16.5. The zero-order chi connectivity index (χ0) is 20.2. The molecule has 0 bridgehead atoms. The van der Waals surface area contributed by atoms with Crippen LogP contribution >= 0.6 is 0 Å². The second kappa shape index (κ2) is 6.84. The minimum Gasteiger partial charge on any atom is -0.379 e. The topological polar surface area (TPSA) is 45.7 Å². The summed E-state index contributed by atoms with van der Waals surface area (Å²) >= 11 is 0. The van der Waals surface area contributed by atoms with Gasteiger partial charge in [-0.25, -0.2) is 0 Å². The number of carbonyl (C=O) groups is 1. The lowest BCUT2D eigenvalue weighted by molar-refractivity contribution is -0.133. The highest BCUT2D eigenvalue weighted by molar-refractivity contribution is 5.77. The maximum Gasteiger partial charge on any atom is 0.223 e. The first-order valence-corrected chi connectivity index (χ1v) is 10.6. The van der Waals surface area contributed by atoms with Crippen LogP contribution in [0.5, 0.6) is 0 Å². The SMILES string of the molecule is Cc1cc(C)c2c(n1)CN(C(=O)CC1CN(c3ccc(C4(C)COC4)cc3)C1)C2. The normalized spacial score (nSPS) is 20.2. The molecule has 0 radical (unpaired) electrons. The number of fused-ring (bicyclic) bond motifs is 1. The maximum absolute atomic E-state index is 12.8. The average molecular weight is 392 g/mol. The molecule has 5 rings (SSSR count). The highest BCUT2D eigenvalue weighted by Crippen LogP contribution is 2.34. The van der Waals surface area contributed by atoms with Gasteiger partial charge in [-0.3, -0.25) is 9.78 Å². The molecule has 2 saturated heterocycles. The summed E-state index contributed by atoms with van der Waals surface area (Å²) < 4.78 is 5.38. The zero-order valence-electron chi connectivity index (χ0n) is 17.6. The summed E-state index contributed by atoms with van der Waals surface area (Å²) in [5.74, 6) is 0.706. The molecule has 2 fully saturated rings. The Labute approximate surface area is 172 Å². The quantitative estimate of drug-likeness (QED) is 0.802. The summed E-state index contributed by atoms with van der Waals surface area (Å²) in [5, 5.41) is 0. The van der Waals surface area contributed by atoms with Gasteiger partial charge < -0.3 is 14.5 Å². The van der Waals surface area contributed by atoms with Crippen LogP contribution < -0.4 is 4.90 Å². The van der Waals surface area contributed by atoms with Crippen molar-refractivity contribution < 1.29 is 9.53 Å². The second-order valence-corrected chi connectivity index (χ2v) is 9.33. The Morgan fingerprint density at radius 1 is 1.17 bits per heavy atom. The van der Waals surface area contributed by atoms with Crippen LogP contribution in [0.25, 0.3) is 0 Å². The molecule has 0 N–H and O–H groups in total. The Hall–Kier alpha value is -2.40. The summed E-state index contributed by atoms with van der Waals surface area (Å²) in [6, 6.07) is 11.0.